The Hall–Kier alpha value is -2.10. The van der Waals surface area contributed by atoms with Crippen molar-refractivity contribution in [3.05, 3.63) is 47.5 Å². The lowest BCUT2D eigenvalue weighted by Gasteiger charge is -2.13. The second-order valence-corrected chi connectivity index (χ2v) is 5.19. The summed E-state index contributed by atoms with van der Waals surface area (Å²) in [4.78, 5) is 23.5. The molecule has 0 heterocycles. The van der Waals surface area contributed by atoms with Crippen LogP contribution in [0.15, 0.2) is 42.0 Å². The molecule has 0 N–H and O–H groups in total. The largest absolute Gasteiger partial charge is 0.466 e. The van der Waals surface area contributed by atoms with Gasteiger partial charge in [-0.15, -0.1) is 0 Å². The summed E-state index contributed by atoms with van der Waals surface area (Å²) in [5.74, 6) is -0.528. The summed E-state index contributed by atoms with van der Waals surface area (Å²) in [5, 5.41) is 0. The zero-order valence-electron chi connectivity index (χ0n) is 13.5. The van der Waals surface area contributed by atoms with E-state index >= 15 is 0 Å². The highest BCUT2D eigenvalue weighted by atomic mass is 16.5. The van der Waals surface area contributed by atoms with Crippen molar-refractivity contribution in [3.8, 4) is 0 Å². The maximum atomic E-state index is 12.1. The van der Waals surface area contributed by atoms with Crippen LogP contribution in [0.4, 0.5) is 0 Å². The number of ether oxygens (including phenoxy) is 2. The Morgan fingerprint density at radius 2 is 1.82 bits per heavy atom. The molecule has 120 valence electrons. The molecule has 0 aliphatic heterocycles. The highest BCUT2D eigenvalue weighted by Crippen LogP contribution is 2.17. The van der Waals surface area contributed by atoms with Gasteiger partial charge in [-0.05, 0) is 31.7 Å². The first-order chi connectivity index (χ1) is 10.6. The molecule has 0 amide bonds. The molecule has 0 radical (unpaired) electrons. The average molecular weight is 304 g/mol. The molecule has 1 aromatic carbocycles. The van der Waals surface area contributed by atoms with Crippen molar-refractivity contribution < 1.29 is 19.1 Å². The van der Waals surface area contributed by atoms with Crippen LogP contribution < -0.4 is 0 Å². The molecule has 0 fully saturated rings. The standard InChI is InChI=1S/C18H24O4/c1-4-16(11-14(3)12-17(19)21-5-2)18(20)22-13-15-9-7-6-8-10-15/h4,6-10,14H,5,11-13H2,1-3H3/b16-4-. The van der Waals surface area contributed by atoms with E-state index in [9.17, 15) is 9.59 Å². The van der Waals surface area contributed by atoms with Crippen LogP contribution in [0.2, 0.25) is 0 Å². The third-order valence-corrected chi connectivity index (χ3v) is 3.21. The summed E-state index contributed by atoms with van der Waals surface area (Å²) in [6.45, 7) is 6.13. The Balaban J connectivity index is 2.46. The number of rotatable bonds is 8. The number of allylic oxidation sites excluding steroid dienone is 1. The third kappa shape index (κ3) is 6.57. The molecule has 1 rings (SSSR count). The molecule has 0 aliphatic rings. The number of carbonyl (C=O) groups is 2. The molecular formula is C18H24O4. The predicted octanol–water partition coefficient (Wildman–Crippen LogP) is 3.66. The number of hydrogen-bond donors (Lipinski definition) is 0. The highest BCUT2D eigenvalue weighted by molar-refractivity contribution is 5.88. The fourth-order valence-electron chi connectivity index (χ4n) is 2.09. The van der Waals surface area contributed by atoms with E-state index in [0.29, 0.717) is 25.0 Å². The van der Waals surface area contributed by atoms with E-state index in [1.807, 2.05) is 37.3 Å². The molecule has 0 saturated heterocycles. The van der Waals surface area contributed by atoms with Gasteiger partial charge in [0, 0.05) is 12.0 Å². The molecule has 22 heavy (non-hydrogen) atoms. The van der Waals surface area contributed by atoms with Crippen LogP contribution in [0.25, 0.3) is 0 Å². The van der Waals surface area contributed by atoms with E-state index in [1.165, 1.54) is 0 Å². The SMILES string of the molecule is C/C=C(/CC(C)CC(=O)OCC)C(=O)OCc1ccccc1. The summed E-state index contributed by atoms with van der Waals surface area (Å²) in [5.41, 5.74) is 1.54. The van der Waals surface area contributed by atoms with Gasteiger partial charge in [-0.1, -0.05) is 43.3 Å². The molecule has 0 saturated carbocycles. The van der Waals surface area contributed by atoms with Gasteiger partial charge in [0.05, 0.1) is 6.61 Å². The van der Waals surface area contributed by atoms with Crippen LogP contribution in [-0.2, 0) is 25.7 Å². The first kappa shape index (κ1) is 18.0. The Kier molecular flexibility index (Phi) is 7.97. The van der Waals surface area contributed by atoms with Gasteiger partial charge >= 0.3 is 11.9 Å². The lowest BCUT2D eigenvalue weighted by Crippen LogP contribution is -2.14. The molecule has 0 aliphatic carbocycles. The minimum atomic E-state index is -0.331. The van der Waals surface area contributed by atoms with Gasteiger partial charge in [-0.25, -0.2) is 4.79 Å². The van der Waals surface area contributed by atoms with Crippen molar-refractivity contribution in [3.63, 3.8) is 0 Å². The maximum absolute atomic E-state index is 12.1. The van der Waals surface area contributed by atoms with Crippen molar-refractivity contribution in [1.29, 1.82) is 0 Å². The van der Waals surface area contributed by atoms with Crippen molar-refractivity contribution in [1.82, 2.24) is 0 Å². The first-order valence-corrected chi connectivity index (χ1v) is 7.58. The van der Waals surface area contributed by atoms with Crippen LogP contribution in [0, 0.1) is 5.92 Å². The summed E-state index contributed by atoms with van der Waals surface area (Å²) in [6.07, 6.45) is 2.55. The number of benzene rings is 1. The van der Waals surface area contributed by atoms with Crippen LogP contribution in [0.5, 0.6) is 0 Å². The van der Waals surface area contributed by atoms with E-state index in [0.717, 1.165) is 5.56 Å². The highest BCUT2D eigenvalue weighted by Gasteiger charge is 2.17. The van der Waals surface area contributed by atoms with Gasteiger partial charge in [-0.3, -0.25) is 4.79 Å². The van der Waals surface area contributed by atoms with Crippen molar-refractivity contribution in [2.24, 2.45) is 5.92 Å². The van der Waals surface area contributed by atoms with Gasteiger partial charge in [-0.2, -0.15) is 0 Å². The van der Waals surface area contributed by atoms with Gasteiger partial charge in [0.25, 0.3) is 0 Å². The van der Waals surface area contributed by atoms with Crippen molar-refractivity contribution in [2.45, 2.75) is 40.2 Å². The van der Waals surface area contributed by atoms with E-state index in [-0.39, 0.29) is 24.5 Å². The molecule has 1 aromatic rings. The third-order valence-electron chi connectivity index (χ3n) is 3.21. The molecule has 4 heteroatoms. The molecule has 4 nitrogen and oxygen atoms in total. The minimum Gasteiger partial charge on any atom is -0.466 e. The van der Waals surface area contributed by atoms with Crippen molar-refractivity contribution in [2.75, 3.05) is 6.61 Å². The normalized spacial score (nSPS) is 12.6. The quantitative estimate of drug-likeness (QED) is 0.543. The lowest BCUT2D eigenvalue weighted by molar-refractivity contribution is -0.145. The number of esters is 2. The van der Waals surface area contributed by atoms with Crippen LogP contribution >= 0.6 is 0 Å². The fraction of sp³-hybridized carbons (Fsp3) is 0.444. The Labute approximate surface area is 132 Å². The van der Waals surface area contributed by atoms with Crippen LogP contribution in [0.1, 0.15) is 39.2 Å². The number of hydrogen-bond acceptors (Lipinski definition) is 4. The molecule has 1 unspecified atom stereocenters. The summed E-state index contributed by atoms with van der Waals surface area (Å²) in [6, 6.07) is 9.54. The lowest BCUT2D eigenvalue weighted by atomic mass is 9.98. The van der Waals surface area contributed by atoms with Gasteiger partial charge < -0.3 is 9.47 Å². The smallest absolute Gasteiger partial charge is 0.334 e. The minimum absolute atomic E-state index is 0.0366. The molecule has 0 aromatic heterocycles. The second kappa shape index (κ2) is 9.77. The van der Waals surface area contributed by atoms with E-state index in [2.05, 4.69) is 0 Å². The van der Waals surface area contributed by atoms with E-state index in [4.69, 9.17) is 9.47 Å². The van der Waals surface area contributed by atoms with Crippen LogP contribution in [0.3, 0.4) is 0 Å². The summed E-state index contributed by atoms with van der Waals surface area (Å²) in [7, 11) is 0. The topological polar surface area (TPSA) is 52.6 Å². The monoisotopic (exact) mass is 304 g/mol. The molecular weight excluding hydrogens is 280 g/mol. The van der Waals surface area contributed by atoms with Gasteiger partial charge in [0.15, 0.2) is 0 Å². The first-order valence-electron chi connectivity index (χ1n) is 7.58. The molecule has 0 bridgehead atoms. The Bertz CT molecular complexity index is 505. The zero-order valence-corrected chi connectivity index (χ0v) is 13.5. The van der Waals surface area contributed by atoms with Gasteiger partial charge in [0.2, 0.25) is 0 Å². The fourth-order valence-corrected chi connectivity index (χ4v) is 2.09. The van der Waals surface area contributed by atoms with Crippen molar-refractivity contribution >= 4 is 11.9 Å². The second-order valence-electron chi connectivity index (χ2n) is 5.19. The Morgan fingerprint density at radius 3 is 2.41 bits per heavy atom. The van der Waals surface area contributed by atoms with E-state index in [1.54, 1.807) is 19.9 Å². The van der Waals surface area contributed by atoms with Gasteiger partial charge in [0.1, 0.15) is 6.61 Å². The molecule has 1 atom stereocenters. The summed E-state index contributed by atoms with van der Waals surface area (Å²) >= 11 is 0. The average Bonchev–Trinajstić information content (AvgIpc) is 2.51. The zero-order chi connectivity index (χ0) is 16.4. The maximum Gasteiger partial charge on any atom is 0.334 e. The van der Waals surface area contributed by atoms with Crippen LogP contribution in [-0.4, -0.2) is 18.5 Å². The number of carbonyl (C=O) groups excluding carboxylic acids is 2. The molecule has 0 spiro atoms. The Morgan fingerprint density at radius 1 is 1.14 bits per heavy atom. The summed E-state index contributed by atoms with van der Waals surface area (Å²) < 4.78 is 10.2. The predicted molar refractivity (Wildman–Crippen MR) is 85.0 cm³/mol. The van der Waals surface area contributed by atoms with E-state index < -0.39 is 0 Å².